The van der Waals surface area contributed by atoms with Crippen LogP contribution in [0.4, 0.5) is 5.95 Å². The van der Waals surface area contributed by atoms with Crippen LogP contribution >= 0.6 is 0 Å². The number of hydrogen-bond donors (Lipinski definition) is 2. The molecule has 0 saturated heterocycles. The van der Waals surface area contributed by atoms with E-state index in [9.17, 15) is 9.59 Å². The average molecular weight is 391 g/mol. The number of hydrogen-bond acceptors (Lipinski definition) is 5. The molecule has 2 aliphatic rings. The first-order valence-corrected chi connectivity index (χ1v) is 9.96. The molecule has 1 aliphatic heterocycles. The molecule has 1 aromatic heterocycles. The van der Waals surface area contributed by atoms with Crippen LogP contribution in [0, 0.1) is 5.92 Å². The van der Waals surface area contributed by atoms with Crippen LogP contribution in [0.25, 0.3) is 6.08 Å². The van der Waals surface area contributed by atoms with Gasteiger partial charge in [-0.2, -0.15) is 0 Å². The molecule has 0 radical (unpaired) electrons. The zero-order chi connectivity index (χ0) is 20.5. The zero-order valence-corrected chi connectivity index (χ0v) is 16.7. The molecule has 3 N–H and O–H groups in total. The summed E-state index contributed by atoms with van der Waals surface area (Å²) in [6.07, 6.45) is 4.19. The highest BCUT2D eigenvalue weighted by Gasteiger charge is 2.34. The number of fused-ring (bicyclic) bond motifs is 2. The van der Waals surface area contributed by atoms with Gasteiger partial charge in [-0.05, 0) is 36.0 Å². The number of amides is 2. The van der Waals surface area contributed by atoms with Crippen molar-refractivity contribution in [2.75, 3.05) is 12.3 Å². The Bertz CT molecular complexity index is 976. The zero-order valence-electron chi connectivity index (χ0n) is 16.7. The number of nitrogen functional groups attached to an aromatic ring is 1. The van der Waals surface area contributed by atoms with Gasteiger partial charge in [0.25, 0.3) is 5.91 Å². The summed E-state index contributed by atoms with van der Waals surface area (Å²) in [5.74, 6) is -0.157. The molecular weight excluding hydrogens is 366 g/mol. The molecule has 0 fully saturated rings. The summed E-state index contributed by atoms with van der Waals surface area (Å²) < 4.78 is 0. The molecule has 150 valence electrons. The predicted octanol–water partition coefficient (Wildman–Crippen LogP) is 2.49. The Hall–Kier alpha value is -3.22. The molecule has 2 amide bonds. The maximum absolute atomic E-state index is 13.4. The Morgan fingerprint density at radius 3 is 2.55 bits per heavy atom. The fraction of sp³-hybridized carbons (Fsp3) is 0.364. The Balaban J connectivity index is 1.65. The number of benzene rings is 1. The van der Waals surface area contributed by atoms with Gasteiger partial charge in [-0.15, -0.1) is 0 Å². The molecule has 1 aliphatic carbocycles. The van der Waals surface area contributed by atoms with E-state index >= 15 is 0 Å². The van der Waals surface area contributed by atoms with Crippen LogP contribution in [0.1, 0.15) is 59.1 Å². The monoisotopic (exact) mass is 391 g/mol. The second-order valence-electron chi connectivity index (χ2n) is 7.63. The fourth-order valence-corrected chi connectivity index (χ4v) is 4.19. The number of nitrogens with zero attached hydrogens (tertiary/aromatic N) is 3. The van der Waals surface area contributed by atoms with Crippen molar-refractivity contribution in [3.8, 4) is 0 Å². The van der Waals surface area contributed by atoms with Crippen LogP contribution in [0.15, 0.2) is 30.3 Å². The van der Waals surface area contributed by atoms with Gasteiger partial charge in [0.1, 0.15) is 5.69 Å². The summed E-state index contributed by atoms with van der Waals surface area (Å²) in [6, 6.07) is 8.05. The minimum absolute atomic E-state index is 0.00307. The predicted molar refractivity (Wildman–Crippen MR) is 111 cm³/mol. The van der Waals surface area contributed by atoms with Gasteiger partial charge in [0.2, 0.25) is 11.9 Å². The molecule has 2 heterocycles. The van der Waals surface area contributed by atoms with E-state index in [1.165, 1.54) is 0 Å². The minimum Gasteiger partial charge on any atom is -0.368 e. The van der Waals surface area contributed by atoms with Crippen molar-refractivity contribution in [3.05, 3.63) is 58.4 Å². The lowest BCUT2D eigenvalue weighted by molar-refractivity contribution is -0.121. The molecule has 0 spiro atoms. The van der Waals surface area contributed by atoms with Crippen molar-refractivity contribution in [2.45, 2.75) is 39.3 Å². The number of allylic oxidation sites excluding steroid dienone is 1. The lowest BCUT2D eigenvalue weighted by Crippen LogP contribution is -2.31. The third-order valence-electron chi connectivity index (χ3n) is 5.72. The van der Waals surface area contributed by atoms with Crippen molar-refractivity contribution in [1.29, 1.82) is 0 Å². The normalized spacial score (nSPS) is 19.6. The van der Waals surface area contributed by atoms with Crippen molar-refractivity contribution in [2.24, 2.45) is 5.92 Å². The van der Waals surface area contributed by atoms with Crippen LogP contribution in [0.2, 0.25) is 0 Å². The minimum atomic E-state index is -0.148. The molecule has 29 heavy (non-hydrogen) atoms. The molecule has 2 atom stereocenters. The Morgan fingerprint density at radius 1 is 1.21 bits per heavy atom. The Kier molecular flexibility index (Phi) is 5.05. The molecule has 4 rings (SSSR count). The second-order valence-corrected chi connectivity index (χ2v) is 7.63. The van der Waals surface area contributed by atoms with Gasteiger partial charge in [0.15, 0.2) is 0 Å². The van der Waals surface area contributed by atoms with Crippen LogP contribution in [0.3, 0.4) is 0 Å². The summed E-state index contributed by atoms with van der Waals surface area (Å²) >= 11 is 0. The highest BCUT2D eigenvalue weighted by molar-refractivity contribution is 5.95. The number of nitrogens with one attached hydrogen (secondary N) is 1. The summed E-state index contributed by atoms with van der Waals surface area (Å²) in [5.41, 5.74) is 10.0. The van der Waals surface area contributed by atoms with E-state index in [1.807, 2.05) is 50.3 Å². The first-order chi connectivity index (χ1) is 14.0. The summed E-state index contributed by atoms with van der Waals surface area (Å²) in [4.78, 5) is 36.0. The summed E-state index contributed by atoms with van der Waals surface area (Å²) in [6.45, 7) is 5.62. The number of anilines is 1. The van der Waals surface area contributed by atoms with E-state index in [0.717, 1.165) is 16.7 Å². The van der Waals surface area contributed by atoms with E-state index in [-0.39, 0.29) is 29.6 Å². The Morgan fingerprint density at radius 2 is 1.90 bits per heavy atom. The van der Waals surface area contributed by atoms with Gasteiger partial charge >= 0.3 is 0 Å². The molecule has 2 aromatic rings. The van der Waals surface area contributed by atoms with E-state index < -0.39 is 0 Å². The van der Waals surface area contributed by atoms with Gasteiger partial charge in [-0.1, -0.05) is 37.3 Å². The van der Waals surface area contributed by atoms with Crippen LogP contribution in [0.5, 0.6) is 0 Å². The molecule has 7 nitrogen and oxygen atoms in total. The fourth-order valence-electron chi connectivity index (χ4n) is 4.19. The van der Waals surface area contributed by atoms with E-state index in [0.29, 0.717) is 37.4 Å². The van der Waals surface area contributed by atoms with Gasteiger partial charge in [-0.3, -0.25) is 9.59 Å². The SMILES string of the molecule is CCNC(=O)CC1C=Cc2nc(N)nc(C(=O)N3Cc4ccccc4C3)c2C1C. The first kappa shape index (κ1) is 19.1. The first-order valence-electron chi connectivity index (χ1n) is 9.96. The summed E-state index contributed by atoms with van der Waals surface area (Å²) in [7, 11) is 0. The number of nitrogens with two attached hydrogens (primary N) is 1. The number of carbonyl (C=O) groups excluding carboxylic acids is 2. The van der Waals surface area contributed by atoms with E-state index in [4.69, 9.17) is 5.73 Å². The third-order valence-corrected chi connectivity index (χ3v) is 5.72. The molecule has 2 unspecified atom stereocenters. The Labute approximate surface area is 170 Å². The van der Waals surface area contributed by atoms with Crippen molar-refractivity contribution < 1.29 is 9.59 Å². The van der Waals surface area contributed by atoms with E-state index in [1.54, 1.807) is 4.90 Å². The lowest BCUT2D eigenvalue weighted by Gasteiger charge is -2.28. The van der Waals surface area contributed by atoms with Crippen LogP contribution in [-0.2, 0) is 17.9 Å². The number of rotatable bonds is 4. The quantitative estimate of drug-likeness (QED) is 0.834. The molecule has 0 bridgehead atoms. The second kappa shape index (κ2) is 7.66. The largest absolute Gasteiger partial charge is 0.368 e. The van der Waals surface area contributed by atoms with Crippen LogP contribution < -0.4 is 11.1 Å². The van der Waals surface area contributed by atoms with Crippen molar-refractivity contribution in [1.82, 2.24) is 20.2 Å². The van der Waals surface area contributed by atoms with Gasteiger partial charge < -0.3 is 16.0 Å². The maximum atomic E-state index is 13.4. The smallest absolute Gasteiger partial charge is 0.273 e. The average Bonchev–Trinajstić information content (AvgIpc) is 3.13. The summed E-state index contributed by atoms with van der Waals surface area (Å²) in [5, 5.41) is 2.84. The van der Waals surface area contributed by atoms with Crippen molar-refractivity contribution in [3.63, 3.8) is 0 Å². The van der Waals surface area contributed by atoms with Crippen molar-refractivity contribution >= 4 is 23.8 Å². The molecule has 0 saturated carbocycles. The van der Waals surface area contributed by atoms with Gasteiger partial charge in [0.05, 0.1) is 5.69 Å². The molecule has 7 heteroatoms. The van der Waals surface area contributed by atoms with Crippen LogP contribution in [-0.4, -0.2) is 33.2 Å². The number of aromatic nitrogens is 2. The van der Waals surface area contributed by atoms with Gasteiger partial charge in [0, 0.05) is 31.6 Å². The maximum Gasteiger partial charge on any atom is 0.273 e. The number of carbonyl (C=O) groups is 2. The highest BCUT2D eigenvalue weighted by Crippen LogP contribution is 2.37. The molecular formula is C22H25N5O2. The third kappa shape index (κ3) is 3.60. The van der Waals surface area contributed by atoms with E-state index in [2.05, 4.69) is 15.3 Å². The lowest BCUT2D eigenvalue weighted by atomic mass is 9.79. The molecule has 1 aromatic carbocycles. The topological polar surface area (TPSA) is 101 Å². The van der Waals surface area contributed by atoms with Gasteiger partial charge in [-0.25, -0.2) is 9.97 Å². The standard InChI is InChI=1S/C22H25N5O2/c1-3-24-18(28)10-14-8-9-17-19(13(14)2)20(26-22(23)25-17)21(29)27-11-15-6-4-5-7-16(15)12-27/h4-9,13-14H,3,10-12H2,1-2H3,(H,24,28)(H2,23,25,26). The highest BCUT2D eigenvalue weighted by atomic mass is 16.2.